The molecule has 4 nitrogen and oxygen atoms in total. The van der Waals surface area contributed by atoms with Crippen molar-refractivity contribution < 1.29 is 4.92 Å². The molecular formula is C12H9ClN2O2. The Hall–Kier alpha value is -1.94. The van der Waals surface area contributed by atoms with Crippen molar-refractivity contribution in [3.05, 3.63) is 57.4 Å². The number of pyridine rings is 1. The van der Waals surface area contributed by atoms with E-state index in [1.807, 2.05) is 6.07 Å². The highest BCUT2D eigenvalue weighted by Crippen LogP contribution is 2.26. The minimum atomic E-state index is -0.387. The van der Waals surface area contributed by atoms with Crippen molar-refractivity contribution >= 4 is 17.3 Å². The fourth-order valence-corrected chi connectivity index (χ4v) is 1.64. The van der Waals surface area contributed by atoms with Crippen molar-refractivity contribution in [3.8, 4) is 11.1 Å². The van der Waals surface area contributed by atoms with E-state index in [0.717, 1.165) is 11.1 Å². The summed E-state index contributed by atoms with van der Waals surface area (Å²) in [7, 11) is 0. The lowest BCUT2D eigenvalue weighted by Gasteiger charge is -2.03. The number of benzene rings is 1. The fraction of sp³-hybridized carbons (Fsp3) is 0.0833. The molecule has 1 aromatic heterocycles. The summed E-state index contributed by atoms with van der Waals surface area (Å²) < 4.78 is 0. The van der Waals surface area contributed by atoms with Gasteiger partial charge < -0.3 is 0 Å². The van der Waals surface area contributed by atoms with Gasteiger partial charge in [0.05, 0.1) is 4.92 Å². The van der Waals surface area contributed by atoms with E-state index in [-0.39, 0.29) is 10.6 Å². The Labute approximate surface area is 103 Å². The number of hydrogen-bond donors (Lipinski definition) is 0. The second-order valence-corrected chi connectivity index (χ2v) is 4.02. The van der Waals surface area contributed by atoms with Gasteiger partial charge in [0, 0.05) is 23.4 Å². The predicted molar refractivity (Wildman–Crippen MR) is 66.1 cm³/mol. The van der Waals surface area contributed by atoms with Crippen LogP contribution in [0.3, 0.4) is 0 Å². The van der Waals surface area contributed by atoms with Gasteiger partial charge in [-0.1, -0.05) is 23.7 Å². The summed E-state index contributed by atoms with van der Waals surface area (Å²) >= 11 is 5.69. The number of nitro benzene ring substituents is 1. The number of aryl methyl sites for hydroxylation is 1. The van der Waals surface area contributed by atoms with Crippen LogP contribution in [0.1, 0.15) is 5.56 Å². The maximum absolute atomic E-state index is 10.8. The van der Waals surface area contributed by atoms with Gasteiger partial charge in [-0.25, -0.2) is 4.98 Å². The lowest BCUT2D eigenvalue weighted by atomic mass is 10.0. The molecule has 0 amide bonds. The maximum Gasteiger partial charge on any atom is 0.272 e. The highest BCUT2D eigenvalue weighted by molar-refractivity contribution is 6.29. The summed E-state index contributed by atoms with van der Waals surface area (Å²) in [4.78, 5) is 14.4. The van der Waals surface area contributed by atoms with Crippen LogP contribution in [0.5, 0.6) is 0 Å². The molecule has 1 aromatic carbocycles. The van der Waals surface area contributed by atoms with E-state index >= 15 is 0 Å². The van der Waals surface area contributed by atoms with Crippen molar-refractivity contribution in [2.45, 2.75) is 6.92 Å². The highest BCUT2D eigenvalue weighted by atomic mass is 35.5. The molecule has 86 valence electrons. The van der Waals surface area contributed by atoms with E-state index in [1.165, 1.54) is 0 Å². The second-order valence-electron chi connectivity index (χ2n) is 3.63. The van der Waals surface area contributed by atoms with E-state index in [4.69, 9.17) is 11.6 Å². The van der Waals surface area contributed by atoms with Crippen LogP contribution in [-0.2, 0) is 0 Å². The van der Waals surface area contributed by atoms with Gasteiger partial charge >= 0.3 is 0 Å². The molecule has 17 heavy (non-hydrogen) atoms. The molecule has 0 atom stereocenters. The number of nitro groups is 1. The summed E-state index contributed by atoms with van der Waals surface area (Å²) in [6.45, 7) is 1.71. The zero-order chi connectivity index (χ0) is 12.4. The SMILES string of the molecule is Cc1ccc(-c2ccc(Cl)nc2)cc1[N+](=O)[O-]. The maximum atomic E-state index is 10.8. The monoisotopic (exact) mass is 248 g/mol. The Morgan fingerprint density at radius 3 is 2.53 bits per heavy atom. The van der Waals surface area contributed by atoms with E-state index in [9.17, 15) is 10.1 Å². The highest BCUT2D eigenvalue weighted by Gasteiger charge is 2.11. The molecule has 0 radical (unpaired) electrons. The smallest absolute Gasteiger partial charge is 0.258 e. The molecule has 0 fully saturated rings. The first-order chi connectivity index (χ1) is 8.08. The topological polar surface area (TPSA) is 56.0 Å². The van der Waals surface area contributed by atoms with Gasteiger partial charge in [0.1, 0.15) is 5.15 Å². The zero-order valence-electron chi connectivity index (χ0n) is 9.05. The van der Waals surface area contributed by atoms with Crippen molar-refractivity contribution in [2.75, 3.05) is 0 Å². The zero-order valence-corrected chi connectivity index (χ0v) is 9.81. The van der Waals surface area contributed by atoms with Crippen LogP contribution >= 0.6 is 11.6 Å². The van der Waals surface area contributed by atoms with Crippen LogP contribution in [0.25, 0.3) is 11.1 Å². The molecule has 0 spiro atoms. The molecule has 0 unspecified atom stereocenters. The van der Waals surface area contributed by atoms with E-state index in [0.29, 0.717) is 10.7 Å². The first kappa shape index (κ1) is 11.5. The van der Waals surface area contributed by atoms with Crippen LogP contribution in [0.2, 0.25) is 5.15 Å². The summed E-state index contributed by atoms with van der Waals surface area (Å²) in [5, 5.41) is 11.2. The number of aromatic nitrogens is 1. The average Bonchev–Trinajstić information content (AvgIpc) is 2.30. The second kappa shape index (κ2) is 4.51. The number of nitrogens with zero attached hydrogens (tertiary/aromatic N) is 2. The van der Waals surface area contributed by atoms with Crippen LogP contribution in [0.4, 0.5) is 5.69 Å². The summed E-state index contributed by atoms with van der Waals surface area (Å²) in [6, 6.07) is 8.53. The minimum absolute atomic E-state index is 0.109. The van der Waals surface area contributed by atoms with Gasteiger partial charge in [0.15, 0.2) is 0 Å². The van der Waals surface area contributed by atoms with Gasteiger partial charge in [-0.05, 0) is 24.6 Å². The Morgan fingerprint density at radius 1 is 1.24 bits per heavy atom. The van der Waals surface area contributed by atoms with Crippen LogP contribution in [0.15, 0.2) is 36.5 Å². The molecule has 0 aliphatic heterocycles. The number of hydrogen-bond acceptors (Lipinski definition) is 3. The third-order valence-electron chi connectivity index (χ3n) is 2.47. The number of rotatable bonds is 2. The number of halogens is 1. The summed E-state index contributed by atoms with van der Waals surface area (Å²) in [5.41, 5.74) is 2.31. The molecule has 5 heteroatoms. The van der Waals surface area contributed by atoms with Crippen molar-refractivity contribution in [2.24, 2.45) is 0 Å². The lowest BCUT2D eigenvalue weighted by molar-refractivity contribution is -0.385. The molecule has 0 N–H and O–H groups in total. The van der Waals surface area contributed by atoms with Gasteiger partial charge in [-0.15, -0.1) is 0 Å². The third kappa shape index (κ3) is 2.42. The predicted octanol–water partition coefficient (Wildman–Crippen LogP) is 3.62. The van der Waals surface area contributed by atoms with E-state index in [2.05, 4.69) is 4.98 Å². The van der Waals surface area contributed by atoms with Crippen molar-refractivity contribution in [1.82, 2.24) is 4.98 Å². The fourth-order valence-electron chi connectivity index (χ4n) is 1.53. The molecule has 0 aliphatic carbocycles. The Bertz CT molecular complexity index is 567. The van der Waals surface area contributed by atoms with E-state index in [1.54, 1.807) is 37.4 Å². The standard InChI is InChI=1S/C12H9ClN2O2/c1-8-2-3-9(6-11(8)15(16)17)10-4-5-12(13)14-7-10/h2-7H,1H3. The lowest BCUT2D eigenvalue weighted by Crippen LogP contribution is -1.92. The molecule has 0 bridgehead atoms. The first-order valence-electron chi connectivity index (χ1n) is 4.95. The molecule has 1 heterocycles. The van der Waals surface area contributed by atoms with E-state index < -0.39 is 0 Å². The molecule has 2 rings (SSSR count). The molecule has 0 saturated carbocycles. The molecular weight excluding hydrogens is 240 g/mol. The normalized spacial score (nSPS) is 10.2. The largest absolute Gasteiger partial charge is 0.272 e. The van der Waals surface area contributed by atoms with Gasteiger partial charge in [0.2, 0.25) is 0 Å². The van der Waals surface area contributed by atoms with Crippen LogP contribution in [0, 0.1) is 17.0 Å². The first-order valence-corrected chi connectivity index (χ1v) is 5.32. The molecule has 2 aromatic rings. The Morgan fingerprint density at radius 2 is 1.94 bits per heavy atom. The summed E-state index contributed by atoms with van der Waals surface area (Å²) in [6.07, 6.45) is 1.59. The third-order valence-corrected chi connectivity index (χ3v) is 2.69. The summed E-state index contributed by atoms with van der Waals surface area (Å²) in [5.74, 6) is 0. The van der Waals surface area contributed by atoms with Gasteiger partial charge in [-0.3, -0.25) is 10.1 Å². The van der Waals surface area contributed by atoms with Crippen molar-refractivity contribution in [3.63, 3.8) is 0 Å². The quantitative estimate of drug-likeness (QED) is 0.463. The van der Waals surface area contributed by atoms with Gasteiger partial charge in [-0.2, -0.15) is 0 Å². The van der Waals surface area contributed by atoms with Gasteiger partial charge in [0.25, 0.3) is 5.69 Å². The van der Waals surface area contributed by atoms with Crippen LogP contribution in [-0.4, -0.2) is 9.91 Å². The minimum Gasteiger partial charge on any atom is -0.258 e. The van der Waals surface area contributed by atoms with Crippen LogP contribution < -0.4 is 0 Å². The Balaban J connectivity index is 2.50. The molecule has 0 saturated heterocycles. The van der Waals surface area contributed by atoms with Crippen molar-refractivity contribution in [1.29, 1.82) is 0 Å². The average molecular weight is 249 g/mol. The molecule has 0 aliphatic rings. The Kier molecular flexibility index (Phi) is 3.06.